The number of rotatable bonds is 4. The summed E-state index contributed by atoms with van der Waals surface area (Å²) in [6.07, 6.45) is 2.15. The van der Waals surface area contributed by atoms with Gasteiger partial charge in [0.15, 0.2) is 5.65 Å². The van der Waals surface area contributed by atoms with E-state index in [2.05, 4.69) is 31.4 Å². The van der Waals surface area contributed by atoms with Gasteiger partial charge in [-0.3, -0.25) is 9.59 Å². The van der Waals surface area contributed by atoms with Crippen molar-refractivity contribution in [3.05, 3.63) is 46.2 Å². The maximum absolute atomic E-state index is 13.4. The van der Waals surface area contributed by atoms with Crippen molar-refractivity contribution in [2.75, 3.05) is 10.6 Å². The number of nitrogens with zero attached hydrogens (tertiary/aromatic N) is 3. The van der Waals surface area contributed by atoms with Crippen molar-refractivity contribution >= 4 is 45.8 Å². The van der Waals surface area contributed by atoms with Crippen molar-refractivity contribution in [2.24, 2.45) is 0 Å². The van der Waals surface area contributed by atoms with Crippen molar-refractivity contribution in [1.29, 1.82) is 0 Å². The highest BCUT2D eigenvalue weighted by Gasteiger charge is 2.30. The zero-order valence-corrected chi connectivity index (χ0v) is 19.1. The second kappa shape index (κ2) is 7.64. The number of hydrogen-bond donors (Lipinski definition) is 2. The highest BCUT2D eigenvalue weighted by Crippen LogP contribution is 2.41. The standard InChI is InChI=1S/C23H26ClN5O2/c1-12-20-16(22(31)27-19-10-15(25-13(2)30)8-9-17(19)24)11-18(14-6-7-14)26-21(20)29(28-12)23(3,4)5/h8-11,14H,6-7H2,1-5H3,(H,25,30)(H,27,31). The van der Waals surface area contributed by atoms with Gasteiger partial charge in [-0.25, -0.2) is 9.67 Å². The lowest BCUT2D eigenvalue weighted by molar-refractivity contribution is -0.114. The van der Waals surface area contributed by atoms with Gasteiger partial charge in [-0.1, -0.05) is 11.6 Å². The maximum Gasteiger partial charge on any atom is 0.256 e. The monoisotopic (exact) mass is 439 g/mol. The second-order valence-corrected chi connectivity index (χ2v) is 9.47. The number of aromatic nitrogens is 3. The van der Waals surface area contributed by atoms with Crippen molar-refractivity contribution in [3.8, 4) is 0 Å². The van der Waals surface area contributed by atoms with E-state index >= 15 is 0 Å². The number of benzene rings is 1. The Hall–Kier alpha value is -2.93. The molecule has 0 spiro atoms. The van der Waals surface area contributed by atoms with E-state index in [9.17, 15) is 9.59 Å². The SMILES string of the molecule is CC(=O)Nc1ccc(Cl)c(NC(=O)c2cc(C3CC3)nc3c2c(C)nn3C(C)(C)C)c1. The van der Waals surface area contributed by atoms with Crippen LogP contribution in [0.5, 0.6) is 0 Å². The lowest BCUT2D eigenvalue weighted by atomic mass is 10.1. The van der Waals surface area contributed by atoms with E-state index in [1.54, 1.807) is 18.2 Å². The van der Waals surface area contributed by atoms with Crippen LogP contribution in [0.25, 0.3) is 11.0 Å². The molecule has 0 atom stereocenters. The van der Waals surface area contributed by atoms with Crippen LogP contribution in [0.3, 0.4) is 0 Å². The molecule has 162 valence electrons. The Morgan fingerprint density at radius 1 is 1.16 bits per heavy atom. The molecule has 1 aliphatic carbocycles. The fourth-order valence-corrected chi connectivity index (χ4v) is 3.80. The van der Waals surface area contributed by atoms with Crippen LogP contribution in [0.2, 0.25) is 5.02 Å². The summed E-state index contributed by atoms with van der Waals surface area (Å²) >= 11 is 6.31. The quantitative estimate of drug-likeness (QED) is 0.582. The van der Waals surface area contributed by atoms with E-state index in [0.29, 0.717) is 27.9 Å². The summed E-state index contributed by atoms with van der Waals surface area (Å²) in [5.74, 6) is -0.103. The van der Waals surface area contributed by atoms with E-state index in [1.807, 2.05) is 17.7 Å². The molecule has 1 aliphatic rings. The smallest absolute Gasteiger partial charge is 0.256 e. The molecule has 4 rings (SSSR count). The fraction of sp³-hybridized carbons (Fsp3) is 0.391. The zero-order chi connectivity index (χ0) is 22.5. The highest BCUT2D eigenvalue weighted by atomic mass is 35.5. The minimum Gasteiger partial charge on any atom is -0.326 e. The fourth-order valence-electron chi connectivity index (χ4n) is 3.64. The molecule has 2 heterocycles. The molecule has 8 heteroatoms. The normalized spacial score (nSPS) is 14.0. The predicted molar refractivity (Wildman–Crippen MR) is 123 cm³/mol. The number of fused-ring (bicyclic) bond motifs is 1. The van der Waals surface area contributed by atoms with E-state index in [0.717, 1.165) is 35.3 Å². The lowest BCUT2D eigenvalue weighted by Gasteiger charge is -2.20. The number of nitrogens with one attached hydrogen (secondary N) is 2. The zero-order valence-electron chi connectivity index (χ0n) is 18.3. The molecular formula is C23H26ClN5O2. The van der Waals surface area contributed by atoms with E-state index in [4.69, 9.17) is 21.7 Å². The van der Waals surface area contributed by atoms with Crippen molar-refractivity contribution in [3.63, 3.8) is 0 Å². The van der Waals surface area contributed by atoms with Gasteiger partial charge >= 0.3 is 0 Å². The van der Waals surface area contributed by atoms with Gasteiger partial charge in [0, 0.05) is 24.2 Å². The molecule has 0 aliphatic heterocycles. The van der Waals surface area contributed by atoms with E-state index in [1.165, 1.54) is 6.92 Å². The molecule has 0 unspecified atom stereocenters. The van der Waals surface area contributed by atoms with Crippen LogP contribution >= 0.6 is 11.6 Å². The summed E-state index contributed by atoms with van der Waals surface area (Å²) in [5.41, 5.74) is 3.63. The number of pyridine rings is 1. The van der Waals surface area contributed by atoms with Crippen molar-refractivity contribution in [2.45, 2.75) is 58.9 Å². The maximum atomic E-state index is 13.4. The first-order valence-electron chi connectivity index (χ1n) is 10.3. The Balaban J connectivity index is 1.80. The molecule has 3 aromatic rings. The van der Waals surface area contributed by atoms with Crippen molar-refractivity contribution in [1.82, 2.24) is 14.8 Å². The molecule has 1 aromatic carbocycles. The molecular weight excluding hydrogens is 414 g/mol. The first-order chi connectivity index (χ1) is 14.5. The molecule has 2 N–H and O–H groups in total. The summed E-state index contributed by atoms with van der Waals surface area (Å²) in [6, 6.07) is 6.85. The van der Waals surface area contributed by atoms with Gasteiger partial charge in [0.05, 0.1) is 32.9 Å². The van der Waals surface area contributed by atoms with Gasteiger partial charge in [-0.05, 0) is 64.8 Å². The predicted octanol–water partition coefficient (Wildman–Crippen LogP) is 5.24. The summed E-state index contributed by atoms with van der Waals surface area (Å²) in [6.45, 7) is 9.52. The number of amides is 2. The summed E-state index contributed by atoms with van der Waals surface area (Å²) in [5, 5.41) is 11.4. The van der Waals surface area contributed by atoms with Crippen LogP contribution in [0.4, 0.5) is 11.4 Å². The third kappa shape index (κ3) is 4.28. The lowest BCUT2D eigenvalue weighted by Crippen LogP contribution is -2.23. The Bertz CT molecular complexity index is 1200. The number of halogens is 1. The molecule has 1 fully saturated rings. The molecule has 7 nitrogen and oxygen atoms in total. The van der Waals surface area contributed by atoms with Crippen LogP contribution < -0.4 is 10.6 Å². The highest BCUT2D eigenvalue weighted by molar-refractivity contribution is 6.34. The van der Waals surface area contributed by atoms with E-state index in [-0.39, 0.29) is 17.4 Å². The Morgan fingerprint density at radius 3 is 2.48 bits per heavy atom. The Morgan fingerprint density at radius 2 is 1.87 bits per heavy atom. The van der Waals surface area contributed by atoms with Gasteiger partial charge in [-0.15, -0.1) is 0 Å². The first kappa shape index (κ1) is 21.3. The number of carbonyl (C=O) groups is 2. The summed E-state index contributed by atoms with van der Waals surface area (Å²) in [7, 11) is 0. The topological polar surface area (TPSA) is 88.9 Å². The molecule has 2 aromatic heterocycles. The number of carbonyl (C=O) groups excluding carboxylic acids is 2. The second-order valence-electron chi connectivity index (χ2n) is 9.07. The summed E-state index contributed by atoms with van der Waals surface area (Å²) in [4.78, 5) is 29.7. The molecule has 31 heavy (non-hydrogen) atoms. The molecule has 0 saturated heterocycles. The third-order valence-electron chi connectivity index (χ3n) is 5.24. The molecule has 2 amide bonds. The summed E-state index contributed by atoms with van der Waals surface area (Å²) < 4.78 is 1.89. The van der Waals surface area contributed by atoms with Gasteiger partial charge in [-0.2, -0.15) is 5.10 Å². The van der Waals surface area contributed by atoms with Gasteiger partial charge in [0.25, 0.3) is 5.91 Å². The van der Waals surface area contributed by atoms with Crippen LogP contribution in [-0.4, -0.2) is 26.6 Å². The van der Waals surface area contributed by atoms with Crippen LogP contribution in [0, 0.1) is 6.92 Å². The van der Waals surface area contributed by atoms with Crippen LogP contribution in [0.15, 0.2) is 24.3 Å². The molecule has 0 radical (unpaired) electrons. The number of anilines is 2. The van der Waals surface area contributed by atoms with E-state index < -0.39 is 0 Å². The van der Waals surface area contributed by atoms with Crippen LogP contribution in [-0.2, 0) is 10.3 Å². The van der Waals surface area contributed by atoms with Crippen LogP contribution in [0.1, 0.15) is 68.2 Å². The Labute approximate surface area is 186 Å². The van der Waals surface area contributed by atoms with Gasteiger partial charge in [0.2, 0.25) is 5.91 Å². The average Bonchev–Trinajstić information content (AvgIpc) is 3.46. The minimum atomic E-state index is -0.285. The third-order valence-corrected chi connectivity index (χ3v) is 5.57. The van der Waals surface area contributed by atoms with Gasteiger partial charge < -0.3 is 10.6 Å². The number of aryl methyl sites for hydroxylation is 1. The largest absolute Gasteiger partial charge is 0.326 e. The first-order valence-corrected chi connectivity index (χ1v) is 10.7. The molecule has 1 saturated carbocycles. The number of hydrogen-bond acceptors (Lipinski definition) is 4. The Kier molecular flexibility index (Phi) is 5.25. The average molecular weight is 440 g/mol. The van der Waals surface area contributed by atoms with Gasteiger partial charge in [0.1, 0.15) is 0 Å². The minimum absolute atomic E-state index is 0.199. The van der Waals surface area contributed by atoms with Crippen molar-refractivity contribution < 1.29 is 9.59 Å². The molecule has 0 bridgehead atoms.